The highest BCUT2D eigenvalue weighted by Crippen LogP contribution is 2.41. The minimum Gasteiger partial charge on any atom is -0.508 e. The van der Waals surface area contributed by atoms with Gasteiger partial charge in [-0.2, -0.15) is 0 Å². The minimum absolute atomic E-state index is 0.00741. The number of hydrogen-bond acceptors (Lipinski definition) is 5. The smallest absolute Gasteiger partial charge is 0.296 e. The summed E-state index contributed by atoms with van der Waals surface area (Å²) in [5.74, 6) is 0.0370. The SMILES string of the molecule is Cc1ccc2oc3c(c(=O)c2c1)[C@@H](c1cccc(O)c1)N(c1cccc(C)n1)C3=O. The Morgan fingerprint density at radius 1 is 1.00 bits per heavy atom. The Labute approximate surface area is 172 Å². The summed E-state index contributed by atoms with van der Waals surface area (Å²) in [6, 6.07) is 16.5. The van der Waals surface area contributed by atoms with Crippen LogP contribution in [0.15, 0.2) is 69.9 Å². The number of aromatic hydroxyl groups is 1. The van der Waals surface area contributed by atoms with Crippen molar-refractivity contribution in [3.05, 3.63) is 99.0 Å². The van der Waals surface area contributed by atoms with Gasteiger partial charge < -0.3 is 9.52 Å². The molecular formula is C24H18N2O4. The molecular weight excluding hydrogens is 380 g/mol. The third-order valence-electron chi connectivity index (χ3n) is 5.33. The molecule has 6 heteroatoms. The first-order chi connectivity index (χ1) is 14.4. The van der Waals surface area contributed by atoms with Crippen LogP contribution in [-0.4, -0.2) is 16.0 Å². The number of carbonyl (C=O) groups is 1. The normalized spacial score (nSPS) is 15.6. The van der Waals surface area contributed by atoms with Gasteiger partial charge in [0.25, 0.3) is 5.91 Å². The zero-order chi connectivity index (χ0) is 21.0. The van der Waals surface area contributed by atoms with Crippen molar-refractivity contribution in [3.8, 4) is 5.75 Å². The van der Waals surface area contributed by atoms with Crippen LogP contribution in [0.4, 0.5) is 5.82 Å². The number of fused-ring (bicyclic) bond motifs is 2. The van der Waals surface area contributed by atoms with Crippen molar-refractivity contribution in [1.29, 1.82) is 0 Å². The van der Waals surface area contributed by atoms with E-state index in [-0.39, 0.29) is 22.5 Å². The number of pyridine rings is 1. The number of amides is 1. The van der Waals surface area contributed by atoms with E-state index >= 15 is 0 Å². The summed E-state index contributed by atoms with van der Waals surface area (Å²) in [6.07, 6.45) is 0. The fraction of sp³-hybridized carbons (Fsp3) is 0.125. The highest BCUT2D eigenvalue weighted by Gasteiger charge is 2.44. The predicted molar refractivity (Wildman–Crippen MR) is 113 cm³/mol. The zero-order valence-corrected chi connectivity index (χ0v) is 16.4. The molecule has 148 valence electrons. The molecule has 3 heterocycles. The van der Waals surface area contributed by atoms with Crippen molar-refractivity contribution in [2.45, 2.75) is 19.9 Å². The average molecular weight is 398 g/mol. The van der Waals surface area contributed by atoms with Crippen molar-refractivity contribution in [2.75, 3.05) is 4.90 Å². The van der Waals surface area contributed by atoms with Crippen LogP contribution in [0.1, 0.15) is 39.0 Å². The Bertz CT molecular complexity index is 1390. The topological polar surface area (TPSA) is 83.6 Å². The van der Waals surface area contributed by atoms with Gasteiger partial charge in [-0.05, 0) is 55.8 Å². The Balaban J connectivity index is 1.84. The van der Waals surface area contributed by atoms with E-state index in [1.807, 2.05) is 32.0 Å². The van der Waals surface area contributed by atoms with Crippen LogP contribution in [0.2, 0.25) is 0 Å². The van der Waals surface area contributed by atoms with Gasteiger partial charge in [-0.25, -0.2) is 4.98 Å². The number of nitrogens with zero attached hydrogens (tertiary/aromatic N) is 2. The molecule has 6 nitrogen and oxygen atoms in total. The molecule has 4 aromatic rings. The van der Waals surface area contributed by atoms with Gasteiger partial charge in [0.2, 0.25) is 5.76 Å². The highest BCUT2D eigenvalue weighted by molar-refractivity contribution is 6.10. The van der Waals surface area contributed by atoms with Crippen LogP contribution in [0, 0.1) is 13.8 Å². The highest BCUT2D eigenvalue weighted by atomic mass is 16.3. The number of aryl methyl sites for hydroxylation is 2. The van der Waals surface area contributed by atoms with Crippen LogP contribution in [0.5, 0.6) is 5.75 Å². The number of hydrogen-bond donors (Lipinski definition) is 1. The van der Waals surface area contributed by atoms with E-state index < -0.39 is 11.9 Å². The van der Waals surface area contributed by atoms with E-state index in [1.165, 1.54) is 4.90 Å². The summed E-state index contributed by atoms with van der Waals surface area (Å²) >= 11 is 0. The maximum absolute atomic E-state index is 13.5. The van der Waals surface area contributed by atoms with E-state index in [4.69, 9.17) is 4.42 Å². The summed E-state index contributed by atoms with van der Waals surface area (Å²) < 4.78 is 5.93. The summed E-state index contributed by atoms with van der Waals surface area (Å²) in [4.78, 5) is 32.9. The fourth-order valence-electron chi connectivity index (χ4n) is 4.00. The van der Waals surface area contributed by atoms with Crippen LogP contribution in [0.25, 0.3) is 11.0 Å². The molecule has 0 unspecified atom stereocenters. The van der Waals surface area contributed by atoms with Gasteiger partial charge in [-0.1, -0.05) is 29.8 Å². The molecule has 2 aromatic heterocycles. The minimum atomic E-state index is -0.755. The lowest BCUT2D eigenvalue weighted by Gasteiger charge is -2.24. The van der Waals surface area contributed by atoms with E-state index in [0.717, 1.165) is 11.3 Å². The van der Waals surface area contributed by atoms with Crippen molar-refractivity contribution < 1.29 is 14.3 Å². The number of anilines is 1. The first-order valence-corrected chi connectivity index (χ1v) is 9.57. The van der Waals surface area contributed by atoms with E-state index in [9.17, 15) is 14.7 Å². The number of aromatic nitrogens is 1. The number of benzene rings is 2. The summed E-state index contributed by atoms with van der Waals surface area (Å²) in [5.41, 5.74) is 2.63. The van der Waals surface area contributed by atoms with Gasteiger partial charge in [0, 0.05) is 5.69 Å². The Morgan fingerprint density at radius 3 is 2.57 bits per heavy atom. The Kier molecular flexibility index (Phi) is 3.96. The van der Waals surface area contributed by atoms with Gasteiger partial charge in [-0.15, -0.1) is 0 Å². The molecule has 2 aromatic carbocycles. The van der Waals surface area contributed by atoms with Crippen LogP contribution >= 0.6 is 0 Å². The van der Waals surface area contributed by atoms with E-state index in [0.29, 0.717) is 22.4 Å². The van der Waals surface area contributed by atoms with Crippen LogP contribution < -0.4 is 10.3 Å². The van der Waals surface area contributed by atoms with E-state index in [2.05, 4.69) is 4.98 Å². The first-order valence-electron chi connectivity index (χ1n) is 9.57. The Hall–Kier alpha value is -3.93. The maximum Gasteiger partial charge on any atom is 0.296 e. The molecule has 1 N–H and O–H groups in total. The van der Waals surface area contributed by atoms with Crippen LogP contribution in [0.3, 0.4) is 0 Å². The monoisotopic (exact) mass is 398 g/mol. The predicted octanol–water partition coefficient (Wildman–Crippen LogP) is 4.26. The standard InChI is InChI=1S/C24H18N2O4/c1-13-9-10-18-17(11-13)22(28)20-21(15-6-4-7-16(27)12-15)26(24(29)23(20)30-18)19-8-3-5-14(2)25-19/h3-12,21,27H,1-2H3/t21-/m1/s1. The molecule has 1 amide bonds. The van der Waals surface area contributed by atoms with Crippen molar-refractivity contribution >= 4 is 22.7 Å². The lowest BCUT2D eigenvalue weighted by molar-refractivity contribution is 0.0970. The van der Waals surface area contributed by atoms with Crippen molar-refractivity contribution in [1.82, 2.24) is 4.98 Å². The average Bonchev–Trinajstić information content (AvgIpc) is 3.01. The number of phenols is 1. The van der Waals surface area contributed by atoms with Gasteiger partial charge in [0.15, 0.2) is 5.43 Å². The number of phenolic OH excluding ortho intramolecular Hbond substituents is 1. The van der Waals surface area contributed by atoms with Crippen molar-refractivity contribution in [3.63, 3.8) is 0 Å². The third kappa shape index (κ3) is 2.69. The Morgan fingerprint density at radius 2 is 1.80 bits per heavy atom. The molecule has 1 aliphatic rings. The van der Waals surface area contributed by atoms with Crippen molar-refractivity contribution in [2.24, 2.45) is 0 Å². The van der Waals surface area contributed by atoms with E-state index in [1.54, 1.807) is 42.5 Å². The molecule has 0 aliphatic carbocycles. The zero-order valence-electron chi connectivity index (χ0n) is 16.4. The fourth-order valence-corrected chi connectivity index (χ4v) is 4.00. The molecule has 0 fully saturated rings. The lowest BCUT2D eigenvalue weighted by Crippen LogP contribution is -2.30. The summed E-state index contributed by atoms with van der Waals surface area (Å²) in [5, 5.41) is 10.5. The number of rotatable bonds is 2. The van der Waals surface area contributed by atoms with Gasteiger partial charge >= 0.3 is 0 Å². The second-order valence-electron chi connectivity index (χ2n) is 7.48. The van der Waals surface area contributed by atoms with Gasteiger partial charge in [0.05, 0.1) is 17.0 Å². The molecule has 0 radical (unpaired) electrons. The maximum atomic E-state index is 13.5. The molecule has 5 rings (SSSR count). The second kappa shape index (κ2) is 6.56. The van der Waals surface area contributed by atoms with Gasteiger partial charge in [-0.3, -0.25) is 14.5 Å². The molecule has 0 spiro atoms. The second-order valence-corrected chi connectivity index (χ2v) is 7.48. The molecule has 1 atom stereocenters. The number of carbonyl (C=O) groups excluding carboxylic acids is 1. The molecule has 30 heavy (non-hydrogen) atoms. The van der Waals surface area contributed by atoms with Gasteiger partial charge in [0.1, 0.15) is 17.2 Å². The largest absolute Gasteiger partial charge is 0.508 e. The lowest BCUT2D eigenvalue weighted by atomic mass is 9.98. The summed E-state index contributed by atoms with van der Waals surface area (Å²) in [7, 11) is 0. The summed E-state index contributed by atoms with van der Waals surface area (Å²) in [6.45, 7) is 3.73. The van der Waals surface area contributed by atoms with Crippen LogP contribution in [-0.2, 0) is 0 Å². The molecule has 0 saturated carbocycles. The third-order valence-corrected chi connectivity index (χ3v) is 5.33. The molecule has 0 saturated heterocycles. The first kappa shape index (κ1) is 18.1. The molecule has 0 bridgehead atoms. The molecule has 1 aliphatic heterocycles. The quantitative estimate of drug-likeness (QED) is 0.545.